The number of alkyl halides is 2. The van der Waals surface area contributed by atoms with Gasteiger partial charge in [-0.25, -0.2) is 0 Å². The summed E-state index contributed by atoms with van der Waals surface area (Å²) in [6.45, 7) is 0.0975. The average molecular weight is 416 g/mol. The number of ether oxygens (including phenoxy) is 1. The monoisotopic (exact) mass is 416 g/mol. The van der Waals surface area contributed by atoms with Gasteiger partial charge in [-0.05, 0) is 49.8 Å². The molecular weight excluding hydrogens is 390 g/mol. The quantitative estimate of drug-likeness (QED) is 0.470. The van der Waals surface area contributed by atoms with Crippen LogP contribution in [-0.2, 0) is 16.1 Å². The minimum Gasteiger partial charge on any atom is -0.434 e. The van der Waals surface area contributed by atoms with Crippen LogP contribution in [0.3, 0.4) is 0 Å². The topological polar surface area (TPSA) is 51.1 Å². The Hall–Kier alpha value is -2.96. The zero-order valence-electron chi connectivity index (χ0n) is 16.9. The van der Waals surface area contributed by atoms with E-state index in [9.17, 15) is 13.6 Å². The van der Waals surface area contributed by atoms with E-state index in [0.29, 0.717) is 24.6 Å². The number of para-hydroxylation sites is 1. The largest absolute Gasteiger partial charge is 0.434 e. The van der Waals surface area contributed by atoms with Gasteiger partial charge in [0.15, 0.2) is 0 Å². The van der Waals surface area contributed by atoms with Gasteiger partial charge < -0.3 is 14.5 Å². The number of piperidine rings is 1. The second-order valence-corrected chi connectivity index (χ2v) is 7.36. The van der Waals surface area contributed by atoms with E-state index < -0.39 is 12.7 Å². The van der Waals surface area contributed by atoms with Crippen molar-refractivity contribution in [3.8, 4) is 5.75 Å². The maximum atomic E-state index is 12.6. The lowest BCUT2D eigenvalue weighted by Gasteiger charge is -2.33. The van der Waals surface area contributed by atoms with Crippen LogP contribution in [0.25, 0.3) is 0 Å². The number of rotatable bonds is 8. The van der Waals surface area contributed by atoms with Crippen LogP contribution in [0.15, 0.2) is 59.8 Å². The molecule has 2 aromatic carbocycles. The van der Waals surface area contributed by atoms with Gasteiger partial charge in [-0.3, -0.25) is 4.79 Å². The summed E-state index contributed by atoms with van der Waals surface area (Å²) in [7, 11) is 0. The van der Waals surface area contributed by atoms with Crippen molar-refractivity contribution in [2.75, 3.05) is 13.1 Å². The Morgan fingerprint density at radius 2 is 1.80 bits per heavy atom. The maximum Gasteiger partial charge on any atom is 0.387 e. The van der Waals surface area contributed by atoms with Gasteiger partial charge >= 0.3 is 6.61 Å². The molecule has 0 spiro atoms. The number of carbonyl (C=O) groups is 1. The van der Waals surface area contributed by atoms with Gasteiger partial charge in [-0.15, -0.1) is 0 Å². The number of carbonyl (C=O) groups excluding carboxylic acids is 1. The third-order valence-corrected chi connectivity index (χ3v) is 5.19. The fourth-order valence-corrected chi connectivity index (χ4v) is 3.58. The van der Waals surface area contributed by atoms with Crippen LogP contribution < -0.4 is 4.74 Å². The minimum atomic E-state index is -2.93. The van der Waals surface area contributed by atoms with E-state index in [1.165, 1.54) is 17.8 Å². The third kappa shape index (κ3) is 6.27. The second kappa shape index (κ2) is 10.7. The summed E-state index contributed by atoms with van der Waals surface area (Å²) in [6, 6.07) is 16.6. The summed E-state index contributed by atoms with van der Waals surface area (Å²) in [6.07, 6.45) is 3.45. The Morgan fingerprint density at radius 1 is 1.13 bits per heavy atom. The molecule has 1 amide bonds. The predicted molar refractivity (Wildman–Crippen MR) is 111 cm³/mol. The molecule has 1 aliphatic rings. The Kier molecular flexibility index (Phi) is 7.76. The first-order chi connectivity index (χ1) is 14.5. The van der Waals surface area contributed by atoms with Crippen LogP contribution >= 0.6 is 0 Å². The van der Waals surface area contributed by atoms with Crippen molar-refractivity contribution in [1.82, 2.24) is 4.90 Å². The summed E-state index contributed by atoms with van der Waals surface area (Å²) in [4.78, 5) is 19.7. The SMILES string of the molecule is CC(O/N=C/c1ccccc1OC(F)F)C(=O)N1CCC(Cc2ccccc2)CC1. The number of oxime groups is 1. The van der Waals surface area contributed by atoms with Gasteiger partial charge in [-0.1, -0.05) is 47.6 Å². The van der Waals surface area contributed by atoms with Crippen molar-refractivity contribution in [3.63, 3.8) is 0 Å². The summed E-state index contributed by atoms with van der Waals surface area (Å²) in [5.41, 5.74) is 1.67. The van der Waals surface area contributed by atoms with E-state index in [4.69, 9.17) is 4.84 Å². The highest BCUT2D eigenvalue weighted by Crippen LogP contribution is 2.22. The van der Waals surface area contributed by atoms with E-state index >= 15 is 0 Å². The molecule has 5 nitrogen and oxygen atoms in total. The number of likely N-dealkylation sites (tertiary alicyclic amines) is 1. The highest BCUT2D eigenvalue weighted by Gasteiger charge is 2.27. The number of halogens is 2. The van der Waals surface area contributed by atoms with Crippen molar-refractivity contribution in [3.05, 3.63) is 65.7 Å². The average Bonchev–Trinajstić information content (AvgIpc) is 2.75. The number of hydrogen-bond acceptors (Lipinski definition) is 4. The van der Waals surface area contributed by atoms with Gasteiger partial charge in [0.2, 0.25) is 6.10 Å². The maximum absolute atomic E-state index is 12.6. The predicted octanol–water partition coefficient (Wildman–Crippen LogP) is 4.51. The molecule has 7 heteroatoms. The second-order valence-electron chi connectivity index (χ2n) is 7.36. The molecule has 1 aliphatic heterocycles. The highest BCUT2D eigenvalue weighted by atomic mass is 19.3. The van der Waals surface area contributed by atoms with Gasteiger partial charge in [0.05, 0.1) is 6.21 Å². The van der Waals surface area contributed by atoms with Crippen LogP contribution in [-0.4, -0.2) is 42.8 Å². The van der Waals surface area contributed by atoms with E-state index in [1.54, 1.807) is 30.0 Å². The first-order valence-corrected chi connectivity index (χ1v) is 10.1. The van der Waals surface area contributed by atoms with Crippen LogP contribution in [0.4, 0.5) is 8.78 Å². The molecule has 0 aromatic heterocycles. The molecule has 1 atom stereocenters. The zero-order chi connectivity index (χ0) is 21.3. The van der Waals surface area contributed by atoms with Gasteiger partial charge in [0.1, 0.15) is 5.75 Å². The van der Waals surface area contributed by atoms with Crippen molar-refractivity contribution in [2.24, 2.45) is 11.1 Å². The molecule has 0 bridgehead atoms. The normalized spacial score (nSPS) is 16.1. The molecule has 1 fully saturated rings. The minimum absolute atomic E-state index is 0.000631. The molecule has 1 saturated heterocycles. The van der Waals surface area contributed by atoms with Gasteiger partial charge in [-0.2, -0.15) is 8.78 Å². The van der Waals surface area contributed by atoms with Gasteiger partial charge in [0.25, 0.3) is 5.91 Å². The highest BCUT2D eigenvalue weighted by molar-refractivity contribution is 5.83. The fraction of sp³-hybridized carbons (Fsp3) is 0.391. The molecule has 0 aliphatic carbocycles. The van der Waals surface area contributed by atoms with Crippen LogP contribution in [0.5, 0.6) is 5.75 Å². The van der Waals surface area contributed by atoms with Crippen molar-refractivity contribution in [1.29, 1.82) is 0 Å². The molecule has 3 rings (SSSR count). The molecule has 1 unspecified atom stereocenters. The molecule has 0 radical (unpaired) electrons. The lowest BCUT2D eigenvalue weighted by Crippen LogP contribution is -2.43. The molecule has 0 saturated carbocycles. The lowest BCUT2D eigenvalue weighted by atomic mass is 9.90. The van der Waals surface area contributed by atoms with Crippen molar-refractivity contribution in [2.45, 2.75) is 38.9 Å². The Balaban J connectivity index is 1.47. The molecule has 160 valence electrons. The molecular formula is C23H26F2N2O3. The first kappa shape index (κ1) is 21.7. The zero-order valence-corrected chi connectivity index (χ0v) is 16.9. The Labute approximate surface area is 175 Å². The van der Waals surface area contributed by atoms with Crippen LogP contribution in [0.1, 0.15) is 30.9 Å². The molecule has 30 heavy (non-hydrogen) atoms. The number of benzene rings is 2. The summed E-state index contributed by atoms with van der Waals surface area (Å²) < 4.78 is 29.4. The van der Waals surface area contributed by atoms with Crippen molar-refractivity contribution < 1.29 is 23.1 Å². The molecule has 2 aromatic rings. The summed E-state index contributed by atoms with van der Waals surface area (Å²) in [5.74, 6) is 0.443. The summed E-state index contributed by atoms with van der Waals surface area (Å²) in [5, 5.41) is 3.80. The Bertz CT molecular complexity index is 837. The van der Waals surface area contributed by atoms with Crippen molar-refractivity contribution >= 4 is 12.1 Å². The Morgan fingerprint density at radius 3 is 2.50 bits per heavy atom. The van der Waals surface area contributed by atoms with E-state index in [2.05, 4.69) is 22.0 Å². The molecule has 1 heterocycles. The number of nitrogens with zero attached hydrogens (tertiary/aromatic N) is 2. The van der Waals surface area contributed by atoms with Gasteiger partial charge in [0, 0.05) is 18.7 Å². The van der Waals surface area contributed by atoms with E-state index in [-0.39, 0.29) is 11.7 Å². The molecule has 0 N–H and O–H groups in total. The lowest BCUT2D eigenvalue weighted by molar-refractivity contribution is -0.144. The first-order valence-electron chi connectivity index (χ1n) is 10.1. The van der Waals surface area contributed by atoms with Crippen LogP contribution in [0.2, 0.25) is 0 Å². The number of amides is 1. The van der Waals surface area contributed by atoms with E-state index in [1.807, 2.05) is 18.2 Å². The number of hydrogen-bond donors (Lipinski definition) is 0. The van der Waals surface area contributed by atoms with E-state index in [0.717, 1.165) is 19.3 Å². The standard InChI is InChI=1S/C23H26F2N2O3/c1-17(30-26-16-20-9-5-6-10-21(20)29-23(24)25)22(28)27-13-11-19(12-14-27)15-18-7-3-2-4-8-18/h2-10,16-17,19,23H,11-15H2,1H3/b26-16+. The summed E-state index contributed by atoms with van der Waals surface area (Å²) >= 11 is 0. The third-order valence-electron chi connectivity index (χ3n) is 5.19. The smallest absolute Gasteiger partial charge is 0.387 e. The van der Waals surface area contributed by atoms with Crippen LogP contribution in [0, 0.1) is 5.92 Å². The fourth-order valence-electron chi connectivity index (χ4n) is 3.58.